The van der Waals surface area contributed by atoms with Gasteiger partial charge in [0.25, 0.3) is 0 Å². The molecule has 0 aliphatic heterocycles. The zero-order valence-electron chi connectivity index (χ0n) is 15.2. The molecular weight excluding hydrogens is 411 g/mol. The first-order valence-corrected chi connectivity index (χ1v) is 8.94. The maximum Gasteiger partial charge on any atom is 0.308 e. The highest BCUT2D eigenvalue weighted by Gasteiger charge is 2.10. The third-order valence-corrected chi connectivity index (χ3v) is 3.50. The van der Waals surface area contributed by atoms with E-state index in [1.807, 2.05) is 6.07 Å². The maximum absolute atomic E-state index is 11.0. The number of para-hydroxylation sites is 3. The second kappa shape index (κ2) is 14.1. The molecule has 2 aromatic rings. The number of ether oxygens (including phenoxy) is 1. The van der Waals surface area contributed by atoms with E-state index in [0.29, 0.717) is 27.2 Å². The summed E-state index contributed by atoms with van der Waals surface area (Å²) < 4.78 is 5.11. The van der Waals surface area contributed by atoms with Gasteiger partial charge in [-0.15, -0.1) is 0 Å². The second-order valence-corrected chi connectivity index (χ2v) is 5.85. The van der Waals surface area contributed by atoms with Crippen LogP contribution in [0, 0.1) is 0 Å². The fraction of sp³-hybridized carbons (Fsp3) is 0.278. The zero-order valence-corrected chi connectivity index (χ0v) is 16.7. The van der Waals surface area contributed by atoms with E-state index in [9.17, 15) is 4.79 Å². The molecule has 2 rings (SSSR count). The number of hydrogen-bond acceptors (Lipinski definition) is 8. The molecule has 2 aromatic carbocycles. The zero-order chi connectivity index (χ0) is 20.8. The van der Waals surface area contributed by atoms with Crippen LogP contribution in [0.15, 0.2) is 42.5 Å². The van der Waals surface area contributed by atoms with Gasteiger partial charge in [-0.3, -0.25) is 14.5 Å². The van der Waals surface area contributed by atoms with Crippen LogP contribution < -0.4 is 15.7 Å². The lowest BCUT2D eigenvalue weighted by Gasteiger charge is -2.13. The van der Waals surface area contributed by atoms with Gasteiger partial charge in [0.2, 0.25) is 0 Å². The van der Waals surface area contributed by atoms with E-state index in [-0.39, 0.29) is 32.4 Å². The summed E-state index contributed by atoms with van der Waals surface area (Å²) in [4.78, 5) is 20.0. The fourth-order valence-electron chi connectivity index (χ4n) is 1.78. The fourth-order valence-corrected chi connectivity index (χ4v) is 2.27. The van der Waals surface area contributed by atoms with Crippen molar-refractivity contribution in [3.05, 3.63) is 52.5 Å². The molecule has 28 heavy (non-hydrogen) atoms. The summed E-state index contributed by atoms with van der Waals surface area (Å²) >= 11 is 12.2. The summed E-state index contributed by atoms with van der Waals surface area (Å²) in [7, 11) is 0. The predicted octanol–water partition coefficient (Wildman–Crippen LogP) is 3.09. The number of rotatable bonds is 9. The van der Waals surface area contributed by atoms with Crippen LogP contribution in [0.3, 0.4) is 0 Å². The number of carbonyl (C=O) groups is 1. The Hall–Kier alpha value is -1.91. The molecule has 0 aromatic heterocycles. The molecule has 8 nitrogen and oxygen atoms in total. The third-order valence-electron chi connectivity index (χ3n) is 2.87. The molecular formula is C18H22Cl2N2O6. The minimum Gasteiger partial charge on any atom is -0.424 e. The minimum absolute atomic E-state index is 0.0600. The van der Waals surface area contributed by atoms with Crippen molar-refractivity contribution in [1.82, 2.24) is 5.64 Å². The quantitative estimate of drug-likeness (QED) is 0.207. The van der Waals surface area contributed by atoms with Gasteiger partial charge >= 0.3 is 5.97 Å². The number of nitrogens with one attached hydrogen (secondary N) is 2. The molecule has 0 amide bonds. The van der Waals surface area contributed by atoms with Gasteiger partial charge in [-0.1, -0.05) is 47.0 Å². The Labute approximate surface area is 172 Å². The van der Waals surface area contributed by atoms with E-state index >= 15 is 0 Å². The molecule has 0 saturated carbocycles. The van der Waals surface area contributed by atoms with Crippen molar-refractivity contribution < 1.29 is 29.4 Å². The molecule has 0 bridgehead atoms. The van der Waals surface area contributed by atoms with E-state index in [2.05, 4.69) is 20.6 Å². The van der Waals surface area contributed by atoms with Gasteiger partial charge < -0.3 is 20.3 Å². The molecule has 0 radical (unpaired) electrons. The lowest BCUT2D eigenvalue weighted by Crippen LogP contribution is -2.19. The number of carbonyl (C=O) groups excluding carboxylic acids is 1. The third kappa shape index (κ3) is 9.34. The minimum atomic E-state index is -0.389. The van der Waals surface area contributed by atoms with E-state index < -0.39 is 0 Å². The summed E-state index contributed by atoms with van der Waals surface area (Å²) in [6.07, 6.45) is 0. The Morgan fingerprint density at radius 2 is 1.54 bits per heavy atom. The Morgan fingerprint density at radius 1 is 0.964 bits per heavy atom. The molecule has 0 unspecified atom stereocenters. The maximum atomic E-state index is 11.0. The molecule has 4 N–H and O–H groups in total. The topological polar surface area (TPSA) is 109 Å². The van der Waals surface area contributed by atoms with E-state index in [1.54, 1.807) is 36.4 Å². The monoisotopic (exact) mass is 432 g/mol. The van der Waals surface area contributed by atoms with Crippen LogP contribution in [0.4, 0.5) is 11.4 Å². The van der Waals surface area contributed by atoms with Crippen molar-refractivity contribution in [1.29, 1.82) is 0 Å². The molecule has 0 heterocycles. The number of halogens is 2. The van der Waals surface area contributed by atoms with Gasteiger partial charge in [-0.25, -0.2) is 0 Å². The van der Waals surface area contributed by atoms with E-state index in [4.69, 9.17) is 38.2 Å². The van der Waals surface area contributed by atoms with Crippen LogP contribution in [0.25, 0.3) is 0 Å². The van der Waals surface area contributed by atoms with E-state index in [1.165, 1.54) is 6.92 Å². The Bertz CT molecular complexity index is 707. The Kier molecular flexibility index (Phi) is 12.2. The van der Waals surface area contributed by atoms with Gasteiger partial charge in [-0.05, 0) is 24.3 Å². The van der Waals surface area contributed by atoms with Crippen LogP contribution in [-0.4, -0.2) is 42.6 Å². The van der Waals surface area contributed by atoms with Crippen LogP contribution in [0.2, 0.25) is 10.0 Å². The number of benzene rings is 2. The van der Waals surface area contributed by atoms with Crippen molar-refractivity contribution in [2.24, 2.45) is 0 Å². The van der Waals surface area contributed by atoms with E-state index in [0.717, 1.165) is 0 Å². The second-order valence-electron chi connectivity index (χ2n) is 5.04. The molecule has 0 saturated heterocycles. The number of anilines is 2. The average molecular weight is 433 g/mol. The predicted molar refractivity (Wildman–Crippen MR) is 107 cm³/mol. The van der Waals surface area contributed by atoms with Gasteiger partial charge in [0.05, 0.1) is 47.8 Å². The average Bonchev–Trinajstić information content (AvgIpc) is 2.66. The molecule has 154 valence electrons. The van der Waals surface area contributed by atoms with Crippen LogP contribution in [-0.2, 0) is 14.5 Å². The highest BCUT2D eigenvalue weighted by Crippen LogP contribution is 2.35. The Morgan fingerprint density at radius 3 is 2.07 bits per heavy atom. The molecule has 0 fully saturated rings. The normalized spacial score (nSPS) is 10.0. The summed E-state index contributed by atoms with van der Waals surface area (Å²) in [6.45, 7) is 1.57. The summed E-state index contributed by atoms with van der Waals surface area (Å²) in [6, 6.07) is 12.3. The van der Waals surface area contributed by atoms with Crippen LogP contribution >= 0.6 is 23.2 Å². The first-order chi connectivity index (χ1) is 13.5. The lowest BCUT2D eigenvalue weighted by molar-refractivity contribution is -0.178. The van der Waals surface area contributed by atoms with Crippen molar-refractivity contribution >= 4 is 40.5 Å². The lowest BCUT2D eigenvalue weighted by atomic mass is 10.2. The summed E-state index contributed by atoms with van der Waals surface area (Å²) in [5.74, 6) is 0.0329. The standard InChI is InChI=1S/C14H11Cl2NO2.C4H11NO4/c1-9(18)19-13-8-3-2-7-12(13)17-14-10(15)5-4-6-11(14)16;6-1-3-8-5-9-4-2-7/h2-8,17H,1H3;5-7H,1-4H2. The number of esters is 1. The largest absolute Gasteiger partial charge is 0.424 e. The highest BCUT2D eigenvalue weighted by atomic mass is 35.5. The molecule has 0 aliphatic carbocycles. The smallest absolute Gasteiger partial charge is 0.308 e. The van der Waals surface area contributed by atoms with Crippen LogP contribution in [0.5, 0.6) is 5.75 Å². The molecule has 0 spiro atoms. The number of aliphatic hydroxyl groups is 2. The highest BCUT2D eigenvalue weighted by molar-refractivity contribution is 6.39. The summed E-state index contributed by atoms with van der Waals surface area (Å²) in [5.41, 5.74) is 3.26. The molecule has 0 aliphatic rings. The number of hydrogen-bond donors (Lipinski definition) is 4. The number of aliphatic hydroxyl groups excluding tert-OH is 2. The summed E-state index contributed by atoms with van der Waals surface area (Å²) in [5, 5.41) is 20.4. The van der Waals surface area contributed by atoms with Gasteiger partial charge in [0.15, 0.2) is 5.75 Å². The van der Waals surface area contributed by atoms with Gasteiger partial charge in [0, 0.05) is 6.92 Å². The first kappa shape index (κ1) is 24.1. The SMILES string of the molecule is CC(=O)Oc1ccccc1Nc1c(Cl)cccc1Cl.OCCONOCCO. The van der Waals surface area contributed by atoms with Crippen LogP contribution in [0.1, 0.15) is 6.92 Å². The van der Waals surface area contributed by atoms with Gasteiger partial charge in [0.1, 0.15) is 0 Å². The van der Waals surface area contributed by atoms with Crippen molar-refractivity contribution in [2.75, 3.05) is 31.7 Å². The molecule has 10 heteroatoms. The van der Waals surface area contributed by atoms with Gasteiger partial charge in [-0.2, -0.15) is 0 Å². The van der Waals surface area contributed by atoms with Crippen molar-refractivity contribution in [2.45, 2.75) is 6.92 Å². The van der Waals surface area contributed by atoms with Crippen molar-refractivity contribution in [3.63, 3.8) is 0 Å². The first-order valence-electron chi connectivity index (χ1n) is 8.18. The van der Waals surface area contributed by atoms with Crippen molar-refractivity contribution in [3.8, 4) is 5.75 Å². The molecule has 0 atom stereocenters. The Balaban J connectivity index is 0.000000370.